The summed E-state index contributed by atoms with van der Waals surface area (Å²) >= 11 is 1.43. The normalized spacial score (nSPS) is 10.2. The largest absolute Gasteiger partial charge is 0.478 e. The summed E-state index contributed by atoms with van der Waals surface area (Å²) in [6, 6.07) is 6.83. The number of carboxylic acids is 1. The molecule has 0 fully saturated rings. The van der Waals surface area contributed by atoms with E-state index in [1.54, 1.807) is 24.4 Å². The van der Waals surface area contributed by atoms with Crippen molar-refractivity contribution >= 4 is 17.7 Å². The van der Waals surface area contributed by atoms with E-state index in [2.05, 4.69) is 4.98 Å². The fourth-order valence-electron chi connectivity index (χ4n) is 1.22. The maximum atomic E-state index is 10.7. The summed E-state index contributed by atoms with van der Waals surface area (Å²) in [5.41, 5.74) is 1.23. The number of rotatable bonds is 4. The Hall–Kier alpha value is -1.75. The molecule has 0 aliphatic rings. The Kier molecular flexibility index (Phi) is 3.26. The van der Waals surface area contributed by atoms with E-state index >= 15 is 0 Å². The van der Waals surface area contributed by atoms with Gasteiger partial charge in [-0.15, -0.1) is 0 Å². The van der Waals surface area contributed by atoms with E-state index in [0.29, 0.717) is 16.5 Å². The molecule has 0 aliphatic carbocycles. The molecule has 0 aliphatic heterocycles. The third-order valence-corrected chi connectivity index (χ3v) is 2.87. The van der Waals surface area contributed by atoms with E-state index in [9.17, 15) is 4.79 Å². The number of carbonyl (C=O) groups is 1. The van der Waals surface area contributed by atoms with E-state index in [-0.39, 0.29) is 0 Å². The summed E-state index contributed by atoms with van der Waals surface area (Å²) in [6.07, 6.45) is 3.09. The molecule has 16 heavy (non-hydrogen) atoms. The maximum absolute atomic E-state index is 10.7. The average molecular weight is 235 g/mol. The number of carboxylic acid groups (broad SMARTS) is 1. The number of hydrogen-bond donors (Lipinski definition) is 1. The van der Waals surface area contributed by atoms with Crippen LogP contribution >= 0.6 is 11.8 Å². The van der Waals surface area contributed by atoms with Crippen molar-refractivity contribution in [3.05, 3.63) is 47.9 Å². The molecule has 0 saturated carbocycles. The predicted molar refractivity (Wildman–Crippen MR) is 59.5 cm³/mol. The summed E-state index contributed by atoms with van der Waals surface area (Å²) in [5.74, 6) is -0.273. The fourth-order valence-corrected chi connectivity index (χ4v) is 1.95. The lowest BCUT2D eigenvalue weighted by Crippen LogP contribution is -1.96. The molecule has 4 nitrogen and oxygen atoms in total. The Labute approximate surface area is 96.3 Å². The molecule has 2 rings (SSSR count). The zero-order valence-corrected chi connectivity index (χ0v) is 9.11. The minimum Gasteiger partial charge on any atom is -0.478 e. The van der Waals surface area contributed by atoms with Gasteiger partial charge in [0.25, 0.3) is 5.22 Å². The molecule has 1 aromatic heterocycles. The first kappa shape index (κ1) is 10.8. The van der Waals surface area contributed by atoms with Gasteiger partial charge < -0.3 is 9.52 Å². The number of aromatic nitrogens is 1. The molecule has 0 radical (unpaired) electrons. The van der Waals surface area contributed by atoms with Gasteiger partial charge in [-0.05, 0) is 17.7 Å². The molecule has 0 bridgehead atoms. The molecule has 1 heterocycles. The highest BCUT2D eigenvalue weighted by Gasteiger charge is 2.04. The minimum absolute atomic E-state index is 0.297. The third kappa shape index (κ3) is 2.64. The molecule has 1 aromatic carbocycles. The molecule has 82 valence electrons. The topological polar surface area (TPSA) is 63.3 Å². The van der Waals surface area contributed by atoms with Crippen LogP contribution < -0.4 is 0 Å². The third-order valence-electron chi connectivity index (χ3n) is 1.95. The van der Waals surface area contributed by atoms with Crippen LogP contribution in [0.25, 0.3) is 0 Å². The van der Waals surface area contributed by atoms with Crippen molar-refractivity contribution < 1.29 is 14.3 Å². The van der Waals surface area contributed by atoms with Crippen molar-refractivity contribution in [1.29, 1.82) is 0 Å². The smallest absolute Gasteiger partial charge is 0.335 e. The minimum atomic E-state index is -0.914. The van der Waals surface area contributed by atoms with Crippen molar-refractivity contribution in [1.82, 2.24) is 4.98 Å². The SMILES string of the molecule is O=C(O)c1cccc(CSc2ncco2)c1. The summed E-state index contributed by atoms with van der Waals surface area (Å²) in [5, 5.41) is 9.41. The Morgan fingerprint density at radius 1 is 1.50 bits per heavy atom. The molecule has 2 aromatic rings. The van der Waals surface area contributed by atoms with Gasteiger partial charge in [0, 0.05) is 5.75 Å². The second-order valence-corrected chi connectivity index (χ2v) is 4.02. The highest BCUT2D eigenvalue weighted by Crippen LogP contribution is 2.21. The standard InChI is InChI=1S/C11H9NO3S/c13-10(14)9-3-1-2-8(6-9)7-16-11-12-4-5-15-11/h1-6H,7H2,(H,13,14). The fraction of sp³-hybridized carbons (Fsp3) is 0.0909. The molecular formula is C11H9NO3S. The number of aromatic carboxylic acids is 1. The van der Waals surface area contributed by atoms with E-state index in [4.69, 9.17) is 9.52 Å². The van der Waals surface area contributed by atoms with E-state index in [1.165, 1.54) is 18.0 Å². The van der Waals surface area contributed by atoms with E-state index in [0.717, 1.165) is 5.56 Å². The van der Waals surface area contributed by atoms with Gasteiger partial charge in [-0.3, -0.25) is 0 Å². The molecule has 0 amide bonds. The summed E-state index contributed by atoms with van der Waals surface area (Å²) in [4.78, 5) is 14.7. The highest BCUT2D eigenvalue weighted by atomic mass is 32.2. The highest BCUT2D eigenvalue weighted by molar-refractivity contribution is 7.98. The molecule has 0 atom stereocenters. The summed E-state index contributed by atoms with van der Waals surface area (Å²) in [7, 11) is 0. The van der Waals surface area contributed by atoms with Gasteiger partial charge >= 0.3 is 5.97 Å². The van der Waals surface area contributed by atoms with Crippen molar-refractivity contribution in [3.63, 3.8) is 0 Å². The van der Waals surface area contributed by atoms with Crippen LogP contribution in [0.2, 0.25) is 0 Å². The maximum Gasteiger partial charge on any atom is 0.335 e. The zero-order chi connectivity index (χ0) is 11.4. The first-order valence-corrected chi connectivity index (χ1v) is 5.59. The summed E-state index contributed by atoms with van der Waals surface area (Å²) in [6.45, 7) is 0. The van der Waals surface area contributed by atoms with Crippen LogP contribution in [-0.4, -0.2) is 16.1 Å². The van der Waals surface area contributed by atoms with Gasteiger partial charge in [0.2, 0.25) is 0 Å². The molecule has 0 spiro atoms. The quantitative estimate of drug-likeness (QED) is 0.825. The number of thioether (sulfide) groups is 1. The van der Waals surface area contributed by atoms with Crippen molar-refractivity contribution in [2.45, 2.75) is 11.0 Å². The van der Waals surface area contributed by atoms with Crippen LogP contribution in [0.5, 0.6) is 0 Å². The van der Waals surface area contributed by atoms with Gasteiger partial charge in [0.05, 0.1) is 11.8 Å². The Morgan fingerprint density at radius 3 is 3.06 bits per heavy atom. The van der Waals surface area contributed by atoms with Gasteiger partial charge in [0.15, 0.2) is 0 Å². The van der Waals surface area contributed by atoms with Crippen LogP contribution in [0.3, 0.4) is 0 Å². The molecule has 5 heteroatoms. The zero-order valence-electron chi connectivity index (χ0n) is 8.29. The van der Waals surface area contributed by atoms with Gasteiger partial charge in [-0.25, -0.2) is 9.78 Å². The van der Waals surface area contributed by atoms with Crippen molar-refractivity contribution in [2.75, 3.05) is 0 Å². The van der Waals surface area contributed by atoms with Crippen LogP contribution in [0, 0.1) is 0 Å². The lowest BCUT2D eigenvalue weighted by Gasteiger charge is -2.00. The second kappa shape index (κ2) is 4.85. The molecular weight excluding hydrogens is 226 g/mol. The van der Waals surface area contributed by atoms with Crippen molar-refractivity contribution in [2.24, 2.45) is 0 Å². The van der Waals surface area contributed by atoms with Crippen molar-refractivity contribution in [3.8, 4) is 0 Å². The van der Waals surface area contributed by atoms with Crippen LogP contribution in [0.4, 0.5) is 0 Å². The Morgan fingerprint density at radius 2 is 2.38 bits per heavy atom. The number of nitrogens with zero attached hydrogens (tertiary/aromatic N) is 1. The van der Waals surface area contributed by atoms with E-state index < -0.39 is 5.97 Å². The first-order chi connectivity index (χ1) is 7.75. The average Bonchev–Trinajstić information content (AvgIpc) is 2.79. The number of hydrogen-bond acceptors (Lipinski definition) is 4. The number of oxazole rings is 1. The van der Waals surface area contributed by atoms with Gasteiger partial charge in [-0.2, -0.15) is 0 Å². The van der Waals surface area contributed by atoms with Gasteiger partial charge in [-0.1, -0.05) is 23.9 Å². The van der Waals surface area contributed by atoms with E-state index in [1.807, 2.05) is 6.07 Å². The first-order valence-electron chi connectivity index (χ1n) is 4.60. The van der Waals surface area contributed by atoms with Crippen LogP contribution in [-0.2, 0) is 5.75 Å². The lowest BCUT2D eigenvalue weighted by molar-refractivity contribution is 0.0697. The number of benzene rings is 1. The Balaban J connectivity index is 2.04. The summed E-state index contributed by atoms with van der Waals surface area (Å²) < 4.78 is 5.07. The monoisotopic (exact) mass is 235 g/mol. The Bertz CT molecular complexity index is 482. The predicted octanol–water partition coefficient (Wildman–Crippen LogP) is 2.67. The molecule has 1 N–H and O–H groups in total. The molecule has 0 saturated heterocycles. The second-order valence-electron chi connectivity index (χ2n) is 3.09. The van der Waals surface area contributed by atoms with Crippen LogP contribution in [0.15, 0.2) is 46.4 Å². The van der Waals surface area contributed by atoms with Gasteiger partial charge in [0.1, 0.15) is 6.26 Å². The lowest BCUT2D eigenvalue weighted by atomic mass is 10.1. The molecule has 0 unspecified atom stereocenters. The van der Waals surface area contributed by atoms with Crippen LogP contribution in [0.1, 0.15) is 15.9 Å².